The molecule has 0 spiro atoms. The van der Waals surface area contributed by atoms with Crippen molar-refractivity contribution in [1.29, 1.82) is 0 Å². The van der Waals surface area contributed by atoms with Crippen LogP contribution in [0.2, 0.25) is 0 Å². The molecule has 0 aromatic heterocycles. The highest BCUT2D eigenvalue weighted by atomic mass is 16.5. The topological polar surface area (TPSA) is 64.3 Å². The van der Waals surface area contributed by atoms with Gasteiger partial charge in [-0.1, -0.05) is 29.8 Å². The summed E-state index contributed by atoms with van der Waals surface area (Å²) in [6, 6.07) is 15.3. The van der Waals surface area contributed by atoms with Crippen molar-refractivity contribution in [2.75, 3.05) is 18.5 Å². The summed E-state index contributed by atoms with van der Waals surface area (Å²) in [4.78, 5) is 11.8. The van der Waals surface area contributed by atoms with Crippen LogP contribution in [0.1, 0.15) is 11.1 Å². The quantitative estimate of drug-likeness (QED) is 0.856. The van der Waals surface area contributed by atoms with Gasteiger partial charge >= 0.3 is 0 Å². The monoisotopic (exact) mass is 284 g/mol. The number of nitrogens with two attached hydrogens (primary N) is 1. The predicted octanol–water partition coefficient (Wildman–Crippen LogP) is 2.51. The van der Waals surface area contributed by atoms with Gasteiger partial charge in [-0.3, -0.25) is 4.79 Å². The van der Waals surface area contributed by atoms with E-state index < -0.39 is 0 Å². The van der Waals surface area contributed by atoms with E-state index in [1.54, 1.807) is 0 Å². The smallest absolute Gasteiger partial charge is 0.262 e. The zero-order chi connectivity index (χ0) is 15.1. The lowest BCUT2D eigenvalue weighted by Gasteiger charge is -2.09. The number of carbonyl (C=O) groups excluding carboxylic acids is 1. The SMILES string of the molecule is Cc1ccc(NC(=O)COc2cccc(CCN)c2)cc1. The highest BCUT2D eigenvalue weighted by Crippen LogP contribution is 2.14. The molecule has 110 valence electrons. The molecular formula is C17H20N2O2. The molecule has 0 bridgehead atoms. The van der Waals surface area contributed by atoms with Crippen molar-refractivity contribution in [1.82, 2.24) is 0 Å². The molecule has 0 unspecified atom stereocenters. The largest absolute Gasteiger partial charge is 0.484 e. The van der Waals surface area contributed by atoms with Gasteiger partial charge in [0.15, 0.2) is 6.61 Å². The van der Waals surface area contributed by atoms with Crippen molar-refractivity contribution >= 4 is 11.6 Å². The van der Waals surface area contributed by atoms with E-state index >= 15 is 0 Å². The van der Waals surface area contributed by atoms with Crippen LogP contribution in [-0.2, 0) is 11.2 Å². The summed E-state index contributed by atoms with van der Waals surface area (Å²) in [5.74, 6) is 0.503. The zero-order valence-electron chi connectivity index (χ0n) is 12.1. The van der Waals surface area contributed by atoms with Gasteiger partial charge in [-0.05, 0) is 49.7 Å². The second-order valence-electron chi connectivity index (χ2n) is 4.89. The highest BCUT2D eigenvalue weighted by Gasteiger charge is 2.04. The first-order chi connectivity index (χ1) is 10.2. The first-order valence-electron chi connectivity index (χ1n) is 6.96. The Morgan fingerprint density at radius 2 is 1.95 bits per heavy atom. The Balaban J connectivity index is 1.86. The molecule has 2 rings (SSSR count). The van der Waals surface area contributed by atoms with Gasteiger partial charge in [-0.2, -0.15) is 0 Å². The number of carbonyl (C=O) groups is 1. The van der Waals surface area contributed by atoms with E-state index in [-0.39, 0.29) is 12.5 Å². The fourth-order valence-electron chi connectivity index (χ4n) is 1.94. The molecule has 4 nitrogen and oxygen atoms in total. The normalized spacial score (nSPS) is 10.2. The van der Waals surface area contributed by atoms with Gasteiger partial charge in [0.05, 0.1) is 0 Å². The molecular weight excluding hydrogens is 264 g/mol. The maximum Gasteiger partial charge on any atom is 0.262 e. The van der Waals surface area contributed by atoms with Crippen LogP contribution in [0, 0.1) is 6.92 Å². The first kappa shape index (κ1) is 15.1. The predicted molar refractivity (Wildman–Crippen MR) is 84.5 cm³/mol. The lowest BCUT2D eigenvalue weighted by molar-refractivity contribution is -0.118. The van der Waals surface area contributed by atoms with E-state index in [1.807, 2.05) is 55.5 Å². The number of amides is 1. The lowest BCUT2D eigenvalue weighted by atomic mass is 10.1. The first-order valence-corrected chi connectivity index (χ1v) is 6.96. The van der Waals surface area contributed by atoms with Gasteiger partial charge in [0, 0.05) is 5.69 Å². The summed E-state index contributed by atoms with van der Waals surface area (Å²) >= 11 is 0. The minimum atomic E-state index is -0.178. The maximum atomic E-state index is 11.8. The summed E-state index contributed by atoms with van der Waals surface area (Å²) in [5.41, 5.74) is 8.55. The summed E-state index contributed by atoms with van der Waals surface area (Å²) in [6.07, 6.45) is 0.798. The standard InChI is InChI=1S/C17H20N2O2/c1-13-5-7-15(8-6-13)19-17(20)12-21-16-4-2-3-14(11-16)9-10-18/h2-8,11H,9-10,12,18H2,1H3,(H,19,20). The molecule has 21 heavy (non-hydrogen) atoms. The molecule has 3 N–H and O–H groups in total. The average molecular weight is 284 g/mol. The third-order valence-corrected chi connectivity index (χ3v) is 3.04. The second kappa shape index (κ2) is 7.45. The summed E-state index contributed by atoms with van der Waals surface area (Å²) in [7, 11) is 0. The second-order valence-corrected chi connectivity index (χ2v) is 4.89. The molecule has 0 aliphatic rings. The molecule has 0 heterocycles. The number of hydrogen-bond donors (Lipinski definition) is 2. The van der Waals surface area contributed by atoms with Crippen molar-refractivity contribution in [2.45, 2.75) is 13.3 Å². The van der Waals surface area contributed by atoms with Gasteiger partial charge in [-0.25, -0.2) is 0 Å². The third kappa shape index (κ3) is 4.93. The van der Waals surface area contributed by atoms with Gasteiger partial charge in [0.1, 0.15) is 5.75 Å². The van der Waals surface area contributed by atoms with Crippen LogP contribution in [0.3, 0.4) is 0 Å². The van der Waals surface area contributed by atoms with Gasteiger partial charge in [0.25, 0.3) is 5.91 Å². The van der Waals surface area contributed by atoms with Crippen LogP contribution in [0.25, 0.3) is 0 Å². The van der Waals surface area contributed by atoms with Gasteiger partial charge < -0.3 is 15.8 Å². The third-order valence-electron chi connectivity index (χ3n) is 3.04. The average Bonchev–Trinajstić information content (AvgIpc) is 2.48. The lowest BCUT2D eigenvalue weighted by Crippen LogP contribution is -2.20. The van der Waals surface area contributed by atoms with Gasteiger partial charge in [-0.15, -0.1) is 0 Å². The Hall–Kier alpha value is -2.33. The van der Waals surface area contributed by atoms with E-state index in [4.69, 9.17) is 10.5 Å². The highest BCUT2D eigenvalue weighted by molar-refractivity contribution is 5.91. The molecule has 0 fully saturated rings. The minimum absolute atomic E-state index is 0.0139. The van der Waals surface area contributed by atoms with Crippen LogP contribution in [0.5, 0.6) is 5.75 Å². The summed E-state index contributed by atoms with van der Waals surface area (Å²) in [5, 5.41) is 2.80. The van der Waals surface area contributed by atoms with Crippen LogP contribution in [0.4, 0.5) is 5.69 Å². The van der Waals surface area contributed by atoms with Crippen molar-refractivity contribution < 1.29 is 9.53 Å². The Morgan fingerprint density at radius 1 is 1.19 bits per heavy atom. The Morgan fingerprint density at radius 3 is 2.67 bits per heavy atom. The van der Waals surface area contributed by atoms with Gasteiger partial charge in [0.2, 0.25) is 0 Å². The number of nitrogens with one attached hydrogen (secondary N) is 1. The Kier molecular flexibility index (Phi) is 5.35. The van der Waals surface area contributed by atoms with Crippen LogP contribution < -0.4 is 15.8 Å². The van der Waals surface area contributed by atoms with E-state index in [2.05, 4.69) is 5.32 Å². The summed E-state index contributed by atoms with van der Waals surface area (Å²) < 4.78 is 5.50. The number of ether oxygens (including phenoxy) is 1. The molecule has 1 amide bonds. The summed E-state index contributed by atoms with van der Waals surface area (Å²) in [6.45, 7) is 2.58. The molecule has 2 aromatic rings. The molecule has 0 radical (unpaired) electrons. The van der Waals surface area contributed by atoms with E-state index in [0.717, 1.165) is 23.2 Å². The van der Waals surface area contributed by atoms with Crippen molar-refractivity contribution in [3.63, 3.8) is 0 Å². The molecule has 0 saturated heterocycles. The zero-order valence-corrected chi connectivity index (χ0v) is 12.1. The molecule has 0 aliphatic carbocycles. The molecule has 0 aliphatic heterocycles. The number of anilines is 1. The van der Waals surface area contributed by atoms with Crippen molar-refractivity contribution in [3.05, 3.63) is 59.7 Å². The Labute approximate surface area is 124 Å². The molecule has 0 saturated carbocycles. The fraction of sp³-hybridized carbons (Fsp3) is 0.235. The van der Waals surface area contributed by atoms with E-state index in [0.29, 0.717) is 12.3 Å². The molecule has 0 atom stereocenters. The van der Waals surface area contributed by atoms with E-state index in [9.17, 15) is 4.79 Å². The Bertz CT molecular complexity index is 594. The number of hydrogen-bond acceptors (Lipinski definition) is 3. The van der Waals surface area contributed by atoms with Crippen molar-refractivity contribution in [3.8, 4) is 5.75 Å². The number of aryl methyl sites for hydroxylation is 1. The maximum absolute atomic E-state index is 11.8. The fourth-order valence-corrected chi connectivity index (χ4v) is 1.94. The van der Waals surface area contributed by atoms with Crippen LogP contribution in [-0.4, -0.2) is 19.1 Å². The number of benzene rings is 2. The number of rotatable bonds is 6. The van der Waals surface area contributed by atoms with Crippen LogP contribution >= 0.6 is 0 Å². The molecule has 2 aromatic carbocycles. The molecule has 4 heteroatoms. The van der Waals surface area contributed by atoms with Crippen LogP contribution in [0.15, 0.2) is 48.5 Å². The minimum Gasteiger partial charge on any atom is -0.484 e. The van der Waals surface area contributed by atoms with E-state index in [1.165, 1.54) is 0 Å². The van der Waals surface area contributed by atoms with Crippen molar-refractivity contribution in [2.24, 2.45) is 5.73 Å².